The van der Waals surface area contributed by atoms with Crippen molar-refractivity contribution in [3.8, 4) is 22.8 Å². The standard InChI is InChI=1S/C15H18BrN3O2/c1-4-19-14(17)12(18-15(19)8(2)3)9-5-10(16)13-11(6-9)20-7-21-13/h5-6,8H,4,7,17H2,1-3H3. The summed E-state index contributed by atoms with van der Waals surface area (Å²) in [6.07, 6.45) is 0. The molecule has 6 heteroatoms. The summed E-state index contributed by atoms with van der Waals surface area (Å²) in [6, 6.07) is 3.90. The van der Waals surface area contributed by atoms with Gasteiger partial charge in [-0.05, 0) is 35.0 Å². The minimum Gasteiger partial charge on any atom is -0.454 e. The van der Waals surface area contributed by atoms with Gasteiger partial charge in [0.1, 0.15) is 17.3 Å². The molecule has 0 bridgehead atoms. The van der Waals surface area contributed by atoms with Crippen LogP contribution in [0.25, 0.3) is 11.3 Å². The fourth-order valence-electron chi connectivity index (χ4n) is 2.57. The molecule has 1 aliphatic heterocycles. The van der Waals surface area contributed by atoms with Crippen molar-refractivity contribution in [3.05, 3.63) is 22.4 Å². The van der Waals surface area contributed by atoms with Crippen molar-refractivity contribution in [1.29, 1.82) is 0 Å². The molecule has 1 aliphatic rings. The van der Waals surface area contributed by atoms with Crippen LogP contribution < -0.4 is 15.2 Å². The molecule has 0 radical (unpaired) electrons. The first-order valence-corrected chi connectivity index (χ1v) is 7.77. The molecular formula is C15H18BrN3O2. The molecule has 0 saturated heterocycles. The van der Waals surface area contributed by atoms with E-state index in [0.29, 0.717) is 11.7 Å². The molecule has 112 valence electrons. The Kier molecular flexibility index (Phi) is 3.57. The molecule has 3 rings (SSSR count). The van der Waals surface area contributed by atoms with Crippen LogP contribution >= 0.6 is 15.9 Å². The smallest absolute Gasteiger partial charge is 0.231 e. The van der Waals surface area contributed by atoms with Crippen molar-refractivity contribution >= 4 is 21.7 Å². The van der Waals surface area contributed by atoms with Crippen LogP contribution in [0.15, 0.2) is 16.6 Å². The summed E-state index contributed by atoms with van der Waals surface area (Å²) in [5.74, 6) is 3.46. The molecule has 0 amide bonds. The number of benzene rings is 1. The largest absolute Gasteiger partial charge is 0.454 e. The van der Waals surface area contributed by atoms with Crippen molar-refractivity contribution in [1.82, 2.24) is 9.55 Å². The predicted molar refractivity (Wildman–Crippen MR) is 85.7 cm³/mol. The third kappa shape index (κ3) is 2.27. The van der Waals surface area contributed by atoms with Gasteiger partial charge in [-0.2, -0.15) is 0 Å². The van der Waals surface area contributed by atoms with Crippen LogP contribution in [0.4, 0.5) is 5.82 Å². The second-order valence-corrected chi connectivity index (χ2v) is 6.15. The van der Waals surface area contributed by atoms with Crippen molar-refractivity contribution < 1.29 is 9.47 Å². The SMILES string of the molecule is CCn1c(C(C)C)nc(-c2cc(Br)c3c(c2)OCO3)c1N. The molecule has 0 atom stereocenters. The fraction of sp³-hybridized carbons (Fsp3) is 0.400. The van der Waals surface area contributed by atoms with Crippen LogP contribution in [0.3, 0.4) is 0 Å². The van der Waals surface area contributed by atoms with E-state index in [1.165, 1.54) is 0 Å². The molecular weight excluding hydrogens is 334 g/mol. The van der Waals surface area contributed by atoms with Gasteiger partial charge in [0, 0.05) is 18.0 Å². The fourth-order valence-corrected chi connectivity index (χ4v) is 3.13. The van der Waals surface area contributed by atoms with Crippen LogP contribution in [-0.4, -0.2) is 16.3 Å². The maximum absolute atomic E-state index is 6.29. The number of halogens is 1. The molecule has 21 heavy (non-hydrogen) atoms. The maximum atomic E-state index is 6.29. The first-order chi connectivity index (χ1) is 10.0. The topological polar surface area (TPSA) is 62.3 Å². The second-order valence-electron chi connectivity index (χ2n) is 5.29. The van der Waals surface area contributed by atoms with Crippen LogP contribution in [-0.2, 0) is 6.54 Å². The summed E-state index contributed by atoms with van der Waals surface area (Å²) in [5.41, 5.74) is 8.01. The van der Waals surface area contributed by atoms with E-state index in [1.54, 1.807) is 0 Å². The van der Waals surface area contributed by atoms with Crippen molar-refractivity contribution in [2.75, 3.05) is 12.5 Å². The van der Waals surface area contributed by atoms with Crippen LogP contribution in [0.5, 0.6) is 11.5 Å². The van der Waals surface area contributed by atoms with Gasteiger partial charge in [-0.1, -0.05) is 13.8 Å². The van der Waals surface area contributed by atoms with E-state index >= 15 is 0 Å². The van der Waals surface area contributed by atoms with E-state index in [-0.39, 0.29) is 6.79 Å². The molecule has 0 fully saturated rings. The van der Waals surface area contributed by atoms with Gasteiger partial charge in [-0.25, -0.2) is 4.98 Å². The third-order valence-corrected chi connectivity index (χ3v) is 4.16. The number of aromatic nitrogens is 2. The number of anilines is 1. The Morgan fingerprint density at radius 2 is 2.14 bits per heavy atom. The van der Waals surface area contributed by atoms with Gasteiger partial charge in [-0.15, -0.1) is 0 Å². The van der Waals surface area contributed by atoms with Crippen molar-refractivity contribution in [3.63, 3.8) is 0 Å². The third-order valence-electron chi connectivity index (χ3n) is 3.57. The summed E-state index contributed by atoms with van der Waals surface area (Å²) < 4.78 is 13.8. The van der Waals surface area contributed by atoms with Gasteiger partial charge in [0.05, 0.1) is 4.47 Å². The number of nitrogens with zero attached hydrogens (tertiary/aromatic N) is 2. The Balaban J connectivity index is 2.15. The molecule has 2 heterocycles. The second kappa shape index (κ2) is 5.26. The van der Waals surface area contributed by atoms with E-state index in [1.807, 2.05) is 12.1 Å². The van der Waals surface area contributed by atoms with E-state index in [2.05, 4.69) is 41.3 Å². The molecule has 0 unspecified atom stereocenters. The highest BCUT2D eigenvalue weighted by Gasteiger charge is 2.22. The molecule has 0 saturated carbocycles. The Bertz CT molecular complexity index is 695. The summed E-state index contributed by atoms with van der Waals surface area (Å²) in [7, 11) is 0. The summed E-state index contributed by atoms with van der Waals surface area (Å²) in [4.78, 5) is 4.74. The number of nitrogens with two attached hydrogens (primary N) is 1. The quantitative estimate of drug-likeness (QED) is 0.914. The highest BCUT2D eigenvalue weighted by Crippen LogP contribution is 2.43. The normalized spacial score (nSPS) is 13.2. The van der Waals surface area contributed by atoms with Crippen LogP contribution in [0, 0.1) is 0 Å². The lowest BCUT2D eigenvalue weighted by molar-refractivity contribution is 0.173. The van der Waals surface area contributed by atoms with E-state index in [9.17, 15) is 0 Å². The van der Waals surface area contributed by atoms with E-state index < -0.39 is 0 Å². The van der Waals surface area contributed by atoms with Gasteiger partial charge in [0.25, 0.3) is 0 Å². The van der Waals surface area contributed by atoms with Gasteiger partial charge in [0.15, 0.2) is 11.5 Å². The summed E-state index contributed by atoms with van der Waals surface area (Å²) in [6.45, 7) is 7.36. The maximum Gasteiger partial charge on any atom is 0.231 e. The van der Waals surface area contributed by atoms with Gasteiger partial charge in [-0.3, -0.25) is 0 Å². The van der Waals surface area contributed by atoms with Gasteiger partial charge in [0.2, 0.25) is 6.79 Å². The molecule has 0 spiro atoms. The number of rotatable bonds is 3. The number of imidazole rings is 1. The number of ether oxygens (including phenoxy) is 2. The Labute approximate surface area is 132 Å². The minimum atomic E-state index is 0.244. The van der Waals surface area contributed by atoms with Crippen LogP contribution in [0.2, 0.25) is 0 Å². The van der Waals surface area contributed by atoms with E-state index in [0.717, 1.165) is 39.6 Å². The minimum absolute atomic E-state index is 0.244. The highest BCUT2D eigenvalue weighted by molar-refractivity contribution is 9.10. The monoisotopic (exact) mass is 351 g/mol. The van der Waals surface area contributed by atoms with E-state index in [4.69, 9.17) is 20.2 Å². The predicted octanol–water partition coefficient (Wildman–Crippen LogP) is 3.77. The molecule has 0 aliphatic carbocycles. The summed E-state index contributed by atoms with van der Waals surface area (Å²) in [5, 5.41) is 0. The number of fused-ring (bicyclic) bond motifs is 1. The highest BCUT2D eigenvalue weighted by atomic mass is 79.9. The van der Waals surface area contributed by atoms with Gasteiger partial charge < -0.3 is 19.8 Å². The Morgan fingerprint density at radius 3 is 2.76 bits per heavy atom. The zero-order valence-electron chi connectivity index (χ0n) is 12.3. The first kappa shape index (κ1) is 14.3. The van der Waals surface area contributed by atoms with Crippen molar-refractivity contribution in [2.45, 2.75) is 33.2 Å². The molecule has 2 N–H and O–H groups in total. The lowest BCUT2D eigenvalue weighted by atomic mass is 10.1. The summed E-state index contributed by atoms with van der Waals surface area (Å²) >= 11 is 3.51. The Morgan fingerprint density at radius 1 is 1.38 bits per heavy atom. The lowest BCUT2D eigenvalue weighted by Gasteiger charge is -2.08. The molecule has 2 aromatic rings. The lowest BCUT2D eigenvalue weighted by Crippen LogP contribution is -2.06. The average Bonchev–Trinajstić information content (AvgIpc) is 3.02. The average molecular weight is 352 g/mol. The number of hydrogen-bond acceptors (Lipinski definition) is 4. The van der Waals surface area contributed by atoms with Crippen LogP contribution in [0.1, 0.15) is 32.5 Å². The molecule has 1 aromatic heterocycles. The number of nitrogen functional groups attached to an aromatic ring is 1. The molecule has 1 aromatic carbocycles. The van der Waals surface area contributed by atoms with Crippen molar-refractivity contribution in [2.24, 2.45) is 0 Å². The van der Waals surface area contributed by atoms with Gasteiger partial charge >= 0.3 is 0 Å². The zero-order valence-corrected chi connectivity index (χ0v) is 13.9. The number of hydrogen-bond donors (Lipinski definition) is 1. The first-order valence-electron chi connectivity index (χ1n) is 6.98. The Hall–Kier alpha value is -1.69. The molecule has 5 nitrogen and oxygen atoms in total. The zero-order chi connectivity index (χ0) is 15.1.